The molecule has 1 saturated carbocycles. The average molecular weight is 461 g/mol. The highest BCUT2D eigenvalue weighted by molar-refractivity contribution is 5.93. The van der Waals surface area contributed by atoms with Gasteiger partial charge < -0.3 is 20.4 Å². The van der Waals surface area contributed by atoms with Crippen molar-refractivity contribution in [1.82, 2.24) is 14.9 Å². The Labute approximate surface area is 199 Å². The van der Waals surface area contributed by atoms with Crippen molar-refractivity contribution < 1.29 is 9.53 Å². The first-order chi connectivity index (χ1) is 16.5. The van der Waals surface area contributed by atoms with Gasteiger partial charge in [-0.2, -0.15) is 0 Å². The number of nitrogens with zero attached hydrogens (tertiary/aromatic N) is 1. The number of methoxy groups -OCH3 is 1. The molecular formula is C27H32N4O3. The van der Waals surface area contributed by atoms with Gasteiger partial charge in [0, 0.05) is 35.8 Å². The largest absolute Gasteiger partial charge is 0.496 e. The number of aromatic nitrogens is 2. The Bertz CT molecular complexity index is 1290. The molecule has 7 nitrogen and oxygen atoms in total. The number of aryl methyl sites for hydroxylation is 1. The third-order valence-electron chi connectivity index (χ3n) is 7.27. The molecule has 178 valence electrons. The van der Waals surface area contributed by atoms with E-state index in [1.807, 2.05) is 41.8 Å². The Hall–Kier alpha value is -3.32. The second-order valence-corrected chi connectivity index (χ2v) is 9.36. The summed E-state index contributed by atoms with van der Waals surface area (Å²) in [6, 6.07) is 12.0. The minimum absolute atomic E-state index is 0.0377. The summed E-state index contributed by atoms with van der Waals surface area (Å²) in [4.78, 5) is 29.0. The number of amides is 1. The lowest BCUT2D eigenvalue weighted by Crippen LogP contribution is -2.31. The standard InChI is InChI=1S/C27H32N4O3/c1-17-6-9-20(16-24(17)34-2)29-26(32)19-7-10-21(11-8-19)31-23-5-3-4-22(25(23)30-27(31)33)18-12-14-28-15-13-18/h3-6,9,12,16,19,21,28H,7-8,10-11,13-15H2,1-2H3,(H,29,32)(H,30,33). The SMILES string of the molecule is COc1cc(NC(=O)C2CCC(n3c(=O)[nH]c4c(C5=CCNCC5)cccc43)CC2)ccc1C. The molecule has 5 rings (SSSR count). The number of nitrogens with one attached hydrogen (secondary N) is 3. The first-order valence-corrected chi connectivity index (χ1v) is 12.1. The molecule has 1 aliphatic carbocycles. The van der Waals surface area contributed by atoms with Gasteiger partial charge in [0.05, 0.1) is 18.1 Å². The smallest absolute Gasteiger partial charge is 0.326 e. The van der Waals surface area contributed by atoms with Crippen LogP contribution in [0.15, 0.2) is 47.3 Å². The van der Waals surface area contributed by atoms with Gasteiger partial charge in [-0.25, -0.2) is 4.79 Å². The number of benzene rings is 2. The zero-order chi connectivity index (χ0) is 23.7. The maximum Gasteiger partial charge on any atom is 0.326 e. The maximum atomic E-state index is 13.0. The van der Waals surface area contributed by atoms with E-state index in [0.717, 1.165) is 78.8 Å². The monoisotopic (exact) mass is 460 g/mol. The number of H-pyrrole nitrogens is 1. The number of hydrogen-bond acceptors (Lipinski definition) is 4. The van der Waals surface area contributed by atoms with E-state index in [1.54, 1.807) is 7.11 Å². The molecule has 1 aliphatic heterocycles. The number of para-hydroxylation sites is 1. The molecule has 0 radical (unpaired) electrons. The first-order valence-electron chi connectivity index (χ1n) is 12.1. The Kier molecular flexibility index (Phi) is 6.28. The Morgan fingerprint density at radius 2 is 1.97 bits per heavy atom. The van der Waals surface area contributed by atoms with E-state index in [0.29, 0.717) is 0 Å². The second kappa shape index (κ2) is 9.50. The predicted molar refractivity (Wildman–Crippen MR) is 135 cm³/mol. The summed E-state index contributed by atoms with van der Waals surface area (Å²) in [6.45, 7) is 3.79. The van der Waals surface area contributed by atoms with Crippen LogP contribution in [0, 0.1) is 12.8 Å². The van der Waals surface area contributed by atoms with E-state index in [4.69, 9.17) is 4.74 Å². The number of carbonyl (C=O) groups excluding carboxylic acids is 1. The number of aromatic amines is 1. The van der Waals surface area contributed by atoms with Crippen LogP contribution in [-0.4, -0.2) is 35.7 Å². The fourth-order valence-electron chi connectivity index (χ4n) is 5.38. The van der Waals surface area contributed by atoms with Gasteiger partial charge in [0.1, 0.15) is 5.75 Å². The van der Waals surface area contributed by atoms with Crippen molar-refractivity contribution in [2.24, 2.45) is 5.92 Å². The van der Waals surface area contributed by atoms with Crippen molar-refractivity contribution in [3.05, 3.63) is 64.1 Å². The normalized spacial score (nSPS) is 20.7. The summed E-state index contributed by atoms with van der Waals surface area (Å²) in [5.41, 5.74) is 6.02. The summed E-state index contributed by atoms with van der Waals surface area (Å²) in [6.07, 6.45) is 6.29. The molecule has 34 heavy (non-hydrogen) atoms. The average Bonchev–Trinajstić information content (AvgIpc) is 3.21. The highest BCUT2D eigenvalue weighted by Crippen LogP contribution is 2.35. The quantitative estimate of drug-likeness (QED) is 0.527. The molecule has 1 aromatic heterocycles. The van der Waals surface area contributed by atoms with Crippen molar-refractivity contribution in [2.45, 2.75) is 45.1 Å². The van der Waals surface area contributed by atoms with Crippen molar-refractivity contribution >= 4 is 28.2 Å². The molecule has 0 spiro atoms. The molecule has 7 heteroatoms. The van der Waals surface area contributed by atoms with E-state index in [9.17, 15) is 9.59 Å². The van der Waals surface area contributed by atoms with Crippen LogP contribution < -0.4 is 21.1 Å². The van der Waals surface area contributed by atoms with Crippen molar-refractivity contribution in [3.8, 4) is 5.75 Å². The predicted octanol–water partition coefficient (Wildman–Crippen LogP) is 4.39. The zero-order valence-corrected chi connectivity index (χ0v) is 19.8. The number of anilines is 1. The van der Waals surface area contributed by atoms with Crippen LogP contribution in [0.3, 0.4) is 0 Å². The number of hydrogen-bond donors (Lipinski definition) is 3. The van der Waals surface area contributed by atoms with Crippen molar-refractivity contribution in [2.75, 3.05) is 25.5 Å². The van der Waals surface area contributed by atoms with Gasteiger partial charge in [-0.05, 0) is 68.8 Å². The fraction of sp³-hybridized carbons (Fsp3) is 0.407. The van der Waals surface area contributed by atoms with E-state index in [1.165, 1.54) is 5.57 Å². The topological polar surface area (TPSA) is 88.2 Å². The fourth-order valence-corrected chi connectivity index (χ4v) is 5.38. The minimum Gasteiger partial charge on any atom is -0.496 e. The molecule has 0 atom stereocenters. The summed E-state index contributed by atoms with van der Waals surface area (Å²) in [5, 5.41) is 6.39. The third-order valence-corrected chi connectivity index (χ3v) is 7.27. The molecule has 3 aromatic rings. The Morgan fingerprint density at radius 3 is 2.71 bits per heavy atom. The summed E-state index contributed by atoms with van der Waals surface area (Å²) >= 11 is 0. The highest BCUT2D eigenvalue weighted by atomic mass is 16.5. The van der Waals surface area contributed by atoms with Gasteiger partial charge in [0.25, 0.3) is 0 Å². The summed E-state index contributed by atoms with van der Waals surface area (Å²) in [7, 11) is 1.63. The third kappa shape index (κ3) is 4.28. The van der Waals surface area contributed by atoms with Gasteiger partial charge in [0.15, 0.2) is 0 Å². The Morgan fingerprint density at radius 1 is 1.15 bits per heavy atom. The van der Waals surface area contributed by atoms with Crippen LogP contribution in [0.2, 0.25) is 0 Å². The lowest BCUT2D eigenvalue weighted by atomic mass is 9.85. The molecule has 2 aromatic carbocycles. The van der Waals surface area contributed by atoms with Crippen LogP contribution in [0.25, 0.3) is 16.6 Å². The molecule has 1 fully saturated rings. The molecule has 3 N–H and O–H groups in total. The molecular weight excluding hydrogens is 428 g/mol. The number of imidazole rings is 1. The summed E-state index contributed by atoms with van der Waals surface area (Å²) in [5.74, 6) is 0.746. The number of fused-ring (bicyclic) bond motifs is 1. The van der Waals surface area contributed by atoms with E-state index in [-0.39, 0.29) is 23.6 Å². The zero-order valence-electron chi connectivity index (χ0n) is 19.8. The van der Waals surface area contributed by atoms with E-state index < -0.39 is 0 Å². The van der Waals surface area contributed by atoms with Crippen molar-refractivity contribution in [1.29, 1.82) is 0 Å². The van der Waals surface area contributed by atoms with Gasteiger partial charge in [-0.1, -0.05) is 24.3 Å². The van der Waals surface area contributed by atoms with Gasteiger partial charge in [-0.3, -0.25) is 9.36 Å². The van der Waals surface area contributed by atoms with Crippen LogP contribution in [-0.2, 0) is 4.79 Å². The van der Waals surface area contributed by atoms with Gasteiger partial charge in [-0.15, -0.1) is 0 Å². The van der Waals surface area contributed by atoms with E-state index in [2.05, 4.69) is 27.8 Å². The lowest BCUT2D eigenvalue weighted by Gasteiger charge is -2.28. The minimum atomic E-state index is -0.0587. The lowest BCUT2D eigenvalue weighted by molar-refractivity contribution is -0.121. The van der Waals surface area contributed by atoms with Crippen molar-refractivity contribution in [3.63, 3.8) is 0 Å². The number of ether oxygens (including phenoxy) is 1. The van der Waals surface area contributed by atoms with Crippen LogP contribution in [0.4, 0.5) is 5.69 Å². The highest BCUT2D eigenvalue weighted by Gasteiger charge is 2.29. The summed E-state index contributed by atoms with van der Waals surface area (Å²) < 4.78 is 7.28. The number of carbonyl (C=O) groups is 1. The first kappa shape index (κ1) is 22.5. The van der Waals surface area contributed by atoms with Crippen LogP contribution in [0.1, 0.15) is 49.3 Å². The molecule has 0 unspecified atom stereocenters. The molecule has 1 amide bonds. The number of rotatable bonds is 5. The maximum absolute atomic E-state index is 13.0. The Balaban J connectivity index is 1.30. The molecule has 0 saturated heterocycles. The van der Waals surface area contributed by atoms with Gasteiger partial charge >= 0.3 is 5.69 Å². The molecule has 0 bridgehead atoms. The van der Waals surface area contributed by atoms with Crippen LogP contribution >= 0.6 is 0 Å². The molecule has 2 aliphatic rings. The second-order valence-electron chi connectivity index (χ2n) is 9.36. The van der Waals surface area contributed by atoms with Crippen LogP contribution in [0.5, 0.6) is 5.75 Å². The van der Waals surface area contributed by atoms with E-state index >= 15 is 0 Å². The van der Waals surface area contributed by atoms with Gasteiger partial charge in [0.2, 0.25) is 5.91 Å². The molecule has 2 heterocycles.